The number of urea groups is 1. The lowest BCUT2D eigenvalue weighted by Crippen LogP contribution is -2.54. The lowest BCUT2D eigenvalue weighted by atomic mass is 9.93. The van der Waals surface area contributed by atoms with Crippen LogP contribution in [-0.2, 0) is 11.3 Å². The monoisotopic (exact) mass is 333 g/mol. The summed E-state index contributed by atoms with van der Waals surface area (Å²) in [4.78, 5) is 27.0. The summed E-state index contributed by atoms with van der Waals surface area (Å²) in [5.74, 6) is -0.570. The molecule has 1 aliphatic carbocycles. The summed E-state index contributed by atoms with van der Waals surface area (Å²) in [5, 5.41) is 5.86. The second kappa shape index (κ2) is 6.79. The normalized spacial score (nSPS) is 22.0. The van der Waals surface area contributed by atoms with E-state index >= 15 is 0 Å². The third-order valence-corrected chi connectivity index (χ3v) is 5.15. The number of anilines is 1. The van der Waals surface area contributed by atoms with E-state index in [1.807, 2.05) is 13.8 Å². The fraction of sp³-hybridized carbons (Fsp3) is 0.556. The second-order valence-electron chi connectivity index (χ2n) is 6.83. The molecule has 0 bridgehead atoms. The predicted octanol–water partition coefficient (Wildman–Crippen LogP) is 3.26. The maximum Gasteiger partial charge on any atom is 0.318 e. The molecule has 1 saturated carbocycles. The zero-order valence-corrected chi connectivity index (χ0v) is 14.1. The Balaban J connectivity index is 1.92. The van der Waals surface area contributed by atoms with Gasteiger partial charge in [0.15, 0.2) is 0 Å². The molecule has 6 heteroatoms. The third kappa shape index (κ3) is 3.23. The van der Waals surface area contributed by atoms with Crippen LogP contribution in [0.25, 0.3) is 0 Å². The molecule has 2 aliphatic rings. The highest BCUT2D eigenvalue weighted by atomic mass is 19.1. The van der Waals surface area contributed by atoms with Gasteiger partial charge in [-0.3, -0.25) is 4.79 Å². The van der Waals surface area contributed by atoms with Gasteiger partial charge in [0.25, 0.3) is 0 Å². The van der Waals surface area contributed by atoms with Crippen molar-refractivity contribution >= 4 is 17.6 Å². The number of fused-ring (bicyclic) bond motifs is 1. The van der Waals surface area contributed by atoms with Crippen molar-refractivity contribution in [1.29, 1.82) is 0 Å². The molecule has 1 aliphatic heterocycles. The van der Waals surface area contributed by atoms with Gasteiger partial charge in [0.05, 0.1) is 6.54 Å². The molecule has 1 heterocycles. The quantitative estimate of drug-likeness (QED) is 0.892. The van der Waals surface area contributed by atoms with Crippen molar-refractivity contribution in [3.63, 3.8) is 0 Å². The zero-order chi connectivity index (χ0) is 17.3. The van der Waals surface area contributed by atoms with Gasteiger partial charge in [0.2, 0.25) is 5.91 Å². The van der Waals surface area contributed by atoms with Crippen molar-refractivity contribution in [3.05, 3.63) is 29.6 Å². The first-order valence-corrected chi connectivity index (χ1v) is 8.66. The maximum absolute atomic E-state index is 13.6. The number of halogens is 1. The van der Waals surface area contributed by atoms with E-state index in [-0.39, 0.29) is 36.3 Å². The molecular weight excluding hydrogens is 309 g/mol. The lowest BCUT2D eigenvalue weighted by Gasteiger charge is -2.35. The van der Waals surface area contributed by atoms with Gasteiger partial charge in [-0.25, -0.2) is 9.18 Å². The highest BCUT2D eigenvalue weighted by Gasteiger charge is 2.37. The molecule has 1 aromatic rings. The fourth-order valence-electron chi connectivity index (χ4n) is 3.24. The molecule has 2 atom stereocenters. The minimum atomic E-state index is -0.564. The van der Waals surface area contributed by atoms with Crippen LogP contribution in [0.1, 0.15) is 45.1 Å². The Morgan fingerprint density at radius 2 is 2.21 bits per heavy atom. The summed E-state index contributed by atoms with van der Waals surface area (Å²) in [7, 11) is 0. The largest absolute Gasteiger partial charge is 0.335 e. The minimum absolute atomic E-state index is 0.0105. The Hall–Kier alpha value is -2.11. The van der Waals surface area contributed by atoms with E-state index in [0.29, 0.717) is 11.3 Å². The summed E-state index contributed by atoms with van der Waals surface area (Å²) in [6, 6.07) is 3.65. The average molecular weight is 333 g/mol. The average Bonchev–Trinajstić information content (AvgIpc) is 2.65. The van der Waals surface area contributed by atoms with Gasteiger partial charge in [-0.1, -0.05) is 20.3 Å². The number of hydrogen-bond acceptors (Lipinski definition) is 2. The lowest BCUT2D eigenvalue weighted by molar-refractivity contribution is -0.122. The van der Waals surface area contributed by atoms with Crippen molar-refractivity contribution in [3.8, 4) is 0 Å². The number of benzene rings is 1. The fourth-order valence-corrected chi connectivity index (χ4v) is 3.24. The summed E-state index contributed by atoms with van der Waals surface area (Å²) >= 11 is 0. The molecule has 130 valence electrons. The maximum atomic E-state index is 13.6. The molecule has 1 aromatic carbocycles. The van der Waals surface area contributed by atoms with Gasteiger partial charge in [0, 0.05) is 11.7 Å². The number of rotatable bonds is 3. The van der Waals surface area contributed by atoms with Crippen LogP contribution in [0.15, 0.2) is 18.2 Å². The number of carbonyl (C=O) groups is 2. The van der Waals surface area contributed by atoms with Gasteiger partial charge in [-0.2, -0.15) is 0 Å². The Bertz CT molecular complexity index is 645. The minimum Gasteiger partial charge on any atom is -0.335 e. The Morgan fingerprint density at radius 1 is 1.46 bits per heavy atom. The van der Waals surface area contributed by atoms with E-state index in [9.17, 15) is 14.0 Å². The van der Waals surface area contributed by atoms with Crippen LogP contribution in [0, 0.1) is 11.7 Å². The van der Waals surface area contributed by atoms with Gasteiger partial charge in [-0.05, 0) is 48.9 Å². The van der Waals surface area contributed by atoms with Crippen LogP contribution >= 0.6 is 0 Å². The SMILES string of the molecule is CC[C@H](C)[C@H]1C(=O)Nc2ccc(F)cc2CN1C(=O)NC1CCC1. The van der Waals surface area contributed by atoms with Crippen molar-refractivity contribution in [2.45, 2.75) is 58.2 Å². The molecule has 24 heavy (non-hydrogen) atoms. The van der Waals surface area contributed by atoms with Crippen LogP contribution in [0.3, 0.4) is 0 Å². The summed E-state index contributed by atoms with van der Waals surface area (Å²) in [6.07, 6.45) is 3.85. The summed E-state index contributed by atoms with van der Waals surface area (Å²) < 4.78 is 13.6. The molecule has 3 amide bonds. The topological polar surface area (TPSA) is 61.4 Å². The van der Waals surface area contributed by atoms with E-state index in [1.165, 1.54) is 12.1 Å². The van der Waals surface area contributed by atoms with Crippen LogP contribution in [-0.4, -0.2) is 28.9 Å². The Labute approximate surface area is 141 Å². The van der Waals surface area contributed by atoms with Crippen LogP contribution in [0.2, 0.25) is 0 Å². The van der Waals surface area contributed by atoms with Gasteiger partial charge in [0.1, 0.15) is 11.9 Å². The number of carbonyl (C=O) groups excluding carboxylic acids is 2. The molecular formula is C18H24FN3O2. The van der Waals surface area contributed by atoms with E-state index in [2.05, 4.69) is 10.6 Å². The molecule has 0 radical (unpaired) electrons. The van der Waals surface area contributed by atoms with E-state index < -0.39 is 6.04 Å². The molecule has 3 rings (SSSR count). The Kier molecular flexibility index (Phi) is 4.73. The van der Waals surface area contributed by atoms with Crippen LogP contribution < -0.4 is 10.6 Å². The smallest absolute Gasteiger partial charge is 0.318 e. The highest BCUT2D eigenvalue weighted by Crippen LogP contribution is 2.28. The molecule has 2 N–H and O–H groups in total. The predicted molar refractivity (Wildman–Crippen MR) is 90.0 cm³/mol. The Morgan fingerprint density at radius 3 is 2.83 bits per heavy atom. The standard InChI is InChI=1S/C18H24FN3O2/c1-3-11(2)16-17(23)21-15-8-7-13(19)9-12(15)10-22(16)18(24)20-14-5-4-6-14/h7-9,11,14,16H,3-6,10H2,1-2H3,(H,20,24)(H,21,23)/t11-,16-/m0/s1. The second-order valence-corrected chi connectivity index (χ2v) is 6.83. The van der Waals surface area contributed by atoms with E-state index in [4.69, 9.17) is 0 Å². The first-order chi connectivity index (χ1) is 11.5. The number of amides is 3. The molecule has 0 aromatic heterocycles. The molecule has 0 spiro atoms. The first kappa shape index (κ1) is 16.7. The van der Waals surface area contributed by atoms with Crippen molar-refractivity contribution in [2.24, 2.45) is 5.92 Å². The van der Waals surface area contributed by atoms with Gasteiger partial charge >= 0.3 is 6.03 Å². The first-order valence-electron chi connectivity index (χ1n) is 8.66. The molecule has 1 fully saturated rings. The van der Waals surface area contributed by atoms with Crippen LogP contribution in [0.4, 0.5) is 14.9 Å². The zero-order valence-electron chi connectivity index (χ0n) is 14.1. The molecule has 5 nitrogen and oxygen atoms in total. The highest BCUT2D eigenvalue weighted by molar-refractivity contribution is 5.98. The van der Waals surface area contributed by atoms with Crippen molar-refractivity contribution in [2.75, 3.05) is 5.32 Å². The van der Waals surface area contributed by atoms with Gasteiger partial charge in [-0.15, -0.1) is 0 Å². The van der Waals surface area contributed by atoms with Crippen molar-refractivity contribution in [1.82, 2.24) is 10.2 Å². The van der Waals surface area contributed by atoms with E-state index in [1.54, 1.807) is 11.0 Å². The number of nitrogens with one attached hydrogen (secondary N) is 2. The molecule has 0 unspecified atom stereocenters. The van der Waals surface area contributed by atoms with Crippen molar-refractivity contribution < 1.29 is 14.0 Å². The molecule has 0 saturated heterocycles. The number of nitrogens with zero attached hydrogens (tertiary/aromatic N) is 1. The summed E-state index contributed by atoms with van der Waals surface area (Å²) in [5.41, 5.74) is 1.20. The third-order valence-electron chi connectivity index (χ3n) is 5.15. The van der Waals surface area contributed by atoms with Gasteiger partial charge < -0.3 is 15.5 Å². The summed E-state index contributed by atoms with van der Waals surface area (Å²) in [6.45, 7) is 4.18. The number of hydrogen-bond donors (Lipinski definition) is 2. The van der Waals surface area contributed by atoms with E-state index in [0.717, 1.165) is 25.7 Å². The van der Waals surface area contributed by atoms with Crippen LogP contribution in [0.5, 0.6) is 0 Å².